The number of H-pyrrole nitrogens is 1. The summed E-state index contributed by atoms with van der Waals surface area (Å²) in [5.41, 5.74) is 7.95. The zero-order valence-electron chi connectivity index (χ0n) is 14.2. The molecule has 0 bridgehead atoms. The molecule has 0 aliphatic carbocycles. The lowest BCUT2D eigenvalue weighted by Crippen LogP contribution is -2.00. The first-order chi connectivity index (χ1) is 11.1. The molecule has 0 saturated carbocycles. The lowest BCUT2D eigenvalue weighted by atomic mass is 10.1. The van der Waals surface area contributed by atoms with E-state index in [4.69, 9.17) is 4.98 Å². The predicted molar refractivity (Wildman–Crippen MR) is 98.8 cm³/mol. The van der Waals surface area contributed by atoms with Crippen molar-refractivity contribution in [2.24, 2.45) is 0 Å². The van der Waals surface area contributed by atoms with Crippen molar-refractivity contribution in [1.82, 2.24) is 9.97 Å². The second-order valence-corrected chi connectivity index (χ2v) is 6.11. The molecule has 4 nitrogen and oxygen atoms in total. The molecule has 2 aromatic carbocycles. The molecule has 0 radical (unpaired) electrons. The van der Waals surface area contributed by atoms with Crippen LogP contribution in [0.15, 0.2) is 30.3 Å². The Balaban J connectivity index is 1.95. The molecule has 120 valence electrons. The largest absolute Gasteiger partial charge is 0.383 e. The molecule has 0 atom stereocenters. The van der Waals surface area contributed by atoms with E-state index in [2.05, 4.69) is 67.6 Å². The van der Waals surface area contributed by atoms with E-state index < -0.39 is 0 Å². The fraction of sp³-hybridized carbons (Fsp3) is 0.316. The molecular weight excluding hydrogens is 284 g/mol. The van der Waals surface area contributed by atoms with Gasteiger partial charge in [-0.15, -0.1) is 0 Å². The van der Waals surface area contributed by atoms with Gasteiger partial charge in [-0.25, -0.2) is 4.98 Å². The van der Waals surface area contributed by atoms with Crippen LogP contribution in [0.2, 0.25) is 0 Å². The van der Waals surface area contributed by atoms with E-state index in [1.54, 1.807) is 0 Å². The van der Waals surface area contributed by atoms with Crippen LogP contribution in [0.5, 0.6) is 0 Å². The summed E-state index contributed by atoms with van der Waals surface area (Å²) in [7, 11) is 0. The van der Waals surface area contributed by atoms with Crippen LogP contribution in [0, 0.1) is 20.8 Å². The number of para-hydroxylation sites is 1. The Hall–Kier alpha value is -2.49. The third-order valence-corrected chi connectivity index (χ3v) is 4.00. The highest BCUT2D eigenvalue weighted by Crippen LogP contribution is 2.28. The molecule has 3 rings (SSSR count). The average molecular weight is 308 g/mol. The van der Waals surface area contributed by atoms with Crippen molar-refractivity contribution in [1.29, 1.82) is 0 Å². The SMILES string of the molecule is CCCNc1cccc2[nH]c(Nc3c(C)cc(C)cc3C)nc12. The number of imidazole rings is 1. The van der Waals surface area contributed by atoms with Crippen LogP contribution in [0.25, 0.3) is 11.0 Å². The summed E-state index contributed by atoms with van der Waals surface area (Å²) in [5.74, 6) is 0.779. The number of aromatic nitrogens is 2. The maximum Gasteiger partial charge on any atom is 0.205 e. The van der Waals surface area contributed by atoms with E-state index in [1.807, 2.05) is 6.07 Å². The molecule has 23 heavy (non-hydrogen) atoms. The number of rotatable bonds is 5. The Bertz CT molecular complexity index is 809. The minimum atomic E-state index is 0.779. The summed E-state index contributed by atoms with van der Waals surface area (Å²) in [5, 5.41) is 6.88. The van der Waals surface area contributed by atoms with Crippen LogP contribution in [-0.2, 0) is 0 Å². The van der Waals surface area contributed by atoms with E-state index in [1.165, 1.54) is 16.7 Å². The molecule has 4 heteroatoms. The van der Waals surface area contributed by atoms with Crippen LogP contribution in [-0.4, -0.2) is 16.5 Å². The summed E-state index contributed by atoms with van der Waals surface area (Å²) in [4.78, 5) is 8.10. The maximum atomic E-state index is 4.74. The van der Waals surface area contributed by atoms with Crippen molar-refractivity contribution >= 4 is 28.4 Å². The van der Waals surface area contributed by atoms with Gasteiger partial charge in [-0.3, -0.25) is 0 Å². The quantitative estimate of drug-likeness (QED) is 0.618. The van der Waals surface area contributed by atoms with E-state index in [9.17, 15) is 0 Å². The summed E-state index contributed by atoms with van der Waals surface area (Å²) >= 11 is 0. The number of nitrogens with one attached hydrogen (secondary N) is 3. The summed E-state index contributed by atoms with van der Waals surface area (Å²) in [6.45, 7) is 9.48. The summed E-state index contributed by atoms with van der Waals surface area (Å²) in [6, 6.07) is 10.5. The molecule has 0 fully saturated rings. The van der Waals surface area contributed by atoms with E-state index >= 15 is 0 Å². The molecule has 0 aliphatic rings. The lowest BCUT2D eigenvalue weighted by Gasteiger charge is -2.11. The number of benzene rings is 2. The lowest BCUT2D eigenvalue weighted by molar-refractivity contribution is 0.981. The molecule has 0 saturated heterocycles. The number of anilines is 3. The van der Waals surface area contributed by atoms with Crippen LogP contribution in [0.1, 0.15) is 30.0 Å². The number of hydrogen-bond donors (Lipinski definition) is 3. The van der Waals surface area contributed by atoms with Gasteiger partial charge in [-0.1, -0.05) is 30.7 Å². The van der Waals surface area contributed by atoms with Gasteiger partial charge in [0.25, 0.3) is 0 Å². The molecule has 3 aromatic rings. The molecule has 1 aromatic heterocycles. The number of aromatic amines is 1. The molecule has 0 amide bonds. The Labute approximate surface area is 137 Å². The van der Waals surface area contributed by atoms with E-state index in [-0.39, 0.29) is 0 Å². The zero-order chi connectivity index (χ0) is 16.4. The van der Waals surface area contributed by atoms with Gasteiger partial charge in [0.05, 0.1) is 11.2 Å². The van der Waals surface area contributed by atoms with Crippen molar-refractivity contribution < 1.29 is 0 Å². The van der Waals surface area contributed by atoms with Gasteiger partial charge in [-0.2, -0.15) is 0 Å². The fourth-order valence-electron chi connectivity index (χ4n) is 2.99. The first kappa shape index (κ1) is 15.4. The highest BCUT2D eigenvalue weighted by molar-refractivity contribution is 5.90. The topological polar surface area (TPSA) is 52.7 Å². The highest BCUT2D eigenvalue weighted by Gasteiger charge is 2.10. The Morgan fingerprint density at radius 2 is 1.83 bits per heavy atom. The summed E-state index contributed by atoms with van der Waals surface area (Å²) in [6.07, 6.45) is 1.09. The van der Waals surface area contributed by atoms with Crippen molar-refractivity contribution in [3.63, 3.8) is 0 Å². The Kier molecular flexibility index (Phi) is 4.24. The van der Waals surface area contributed by atoms with Crippen LogP contribution < -0.4 is 10.6 Å². The van der Waals surface area contributed by atoms with Gasteiger partial charge in [0.15, 0.2) is 0 Å². The van der Waals surface area contributed by atoms with Gasteiger partial charge in [0, 0.05) is 12.2 Å². The monoisotopic (exact) mass is 308 g/mol. The zero-order valence-corrected chi connectivity index (χ0v) is 14.2. The minimum absolute atomic E-state index is 0.779. The first-order valence-corrected chi connectivity index (χ1v) is 8.16. The number of fused-ring (bicyclic) bond motifs is 1. The van der Waals surface area contributed by atoms with Crippen molar-refractivity contribution in [3.05, 3.63) is 47.0 Å². The normalized spacial score (nSPS) is 11.0. The standard InChI is InChI=1S/C19H24N4/c1-5-9-20-15-7-6-8-16-18(15)23-19(21-16)22-17-13(3)10-12(2)11-14(17)4/h6-8,10-11,20H,5,9H2,1-4H3,(H2,21,22,23). The third-order valence-electron chi connectivity index (χ3n) is 4.00. The predicted octanol–water partition coefficient (Wildman–Crippen LogP) is 5.05. The van der Waals surface area contributed by atoms with Gasteiger partial charge in [0.2, 0.25) is 5.95 Å². The van der Waals surface area contributed by atoms with Crippen LogP contribution in [0.3, 0.4) is 0 Å². The molecular formula is C19H24N4. The van der Waals surface area contributed by atoms with E-state index in [0.717, 1.165) is 41.3 Å². The molecule has 3 N–H and O–H groups in total. The average Bonchev–Trinajstić information content (AvgIpc) is 2.92. The van der Waals surface area contributed by atoms with E-state index in [0.29, 0.717) is 0 Å². The Morgan fingerprint density at radius 1 is 1.09 bits per heavy atom. The second kappa shape index (κ2) is 6.32. The fourth-order valence-corrected chi connectivity index (χ4v) is 2.99. The summed E-state index contributed by atoms with van der Waals surface area (Å²) < 4.78 is 0. The molecule has 0 aliphatic heterocycles. The van der Waals surface area contributed by atoms with Crippen molar-refractivity contribution in [3.8, 4) is 0 Å². The maximum absolute atomic E-state index is 4.74. The van der Waals surface area contributed by atoms with Gasteiger partial charge in [0.1, 0.15) is 5.52 Å². The number of aryl methyl sites for hydroxylation is 3. The highest BCUT2D eigenvalue weighted by atomic mass is 15.1. The molecule has 1 heterocycles. The van der Waals surface area contributed by atoms with Crippen LogP contribution in [0.4, 0.5) is 17.3 Å². The number of nitrogens with zero attached hydrogens (tertiary/aromatic N) is 1. The van der Waals surface area contributed by atoms with Gasteiger partial charge in [-0.05, 0) is 50.5 Å². The third kappa shape index (κ3) is 3.16. The Morgan fingerprint density at radius 3 is 2.52 bits per heavy atom. The van der Waals surface area contributed by atoms with Crippen molar-refractivity contribution in [2.75, 3.05) is 17.2 Å². The molecule has 0 unspecified atom stereocenters. The van der Waals surface area contributed by atoms with Crippen molar-refractivity contribution in [2.45, 2.75) is 34.1 Å². The number of hydrogen-bond acceptors (Lipinski definition) is 3. The first-order valence-electron chi connectivity index (χ1n) is 8.16. The minimum Gasteiger partial charge on any atom is -0.383 e. The van der Waals surface area contributed by atoms with Gasteiger partial charge >= 0.3 is 0 Å². The smallest absolute Gasteiger partial charge is 0.205 e. The van der Waals surface area contributed by atoms with Crippen LogP contribution >= 0.6 is 0 Å². The molecule has 0 spiro atoms. The van der Waals surface area contributed by atoms with Gasteiger partial charge < -0.3 is 15.6 Å². The second-order valence-electron chi connectivity index (χ2n) is 6.11.